The molecule has 0 bridgehead atoms. The van der Waals surface area contributed by atoms with E-state index < -0.39 is 12.0 Å². The lowest BCUT2D eigenvalue weighted by Crippen LogP contribution is -2.37. The van der Waals surface area contributed by atoms with Crippen LogP contribution in [0.4, 0.5) is 0 Å². The first-order chi connectivity index (χ1) is 10.0. The van der Waals surface area contributed by atoms with Gasteiger partial charge in [0.05, 0.1) is 17.2 Å². The molecule has 1 aromatic carbocycles. The van der Waals surface area contributed by atoms with E-state index in [1.807, 2.05) is 4.90 Å². The number of ether oxygens (including phenoxy) is 1. The van der Waals surface area contributed by atoms with Gasteiger partial charge in [-0.25, -0.2) is 4.79 Å². The lowest BCUT2D eigenvalue weighted by Gasteiger charge is -2.29. The number of rotatable bonds is 3. The zero-order valence-corrected chi connectivity index (χ0v) is 13.1. The molecule has 0 radical (unpaired) electrons. The van der Waals surface area contributed by atoms with Crippen molar-refractivity contribution in [3.8, 4) is 0 Å². The molecular weight excluding hydrogens is 315 g/mol. The first-order valence-corrected chi connectivity index (χ1v) is 7.32. The van der Waals surface area contributed by atoms with Crippen LogP contribution in [0.5, 0.6) is 0 Å². The van der Waals surface area contributed by atoms with E-state index in [2.05, 4.69) is 5.32 Å². The number of methoxy groups -OCH3 is 1. The Morgan fingerprint density at radius 3 is 2.86 bits per heavy atom. The maximum absolute atomic E-state index is 12.2. The minimum absolute atomic E-state index is 0.0293. The third-order valence-corrected chi connectivity index (χ3v) is 4.25. The molecule has 0 aromatic heterocycles. The quantitative estimate of drug-likeness (QED) is 0.861. The number of amides is 1. The van der Waals surface area contributed by atoms with E-state index in [0.29, 0.717) is 41.7 Å². The summed E-state index contributed by atoms with van der Waals surface area (Å²) in [5, 5.41) is 3.49. The topological polar surface area (TPSA) is 58.6 Å². The molecule has 0 aliphatic carbocycles. The highest BCUT2D eigenvalue weighted by atomic mass is 35.5. The zero-order chi connectivity index (χ0) is 15.4. The van der Waals surface area contributed by atoms with E-state index in [4.69, 9.17) is 27.9 Å². The molecular formula is C14H16Cl2N2O3. The Balaban J connectivity index is 2.36. The third-order valence-electron chi connectivity index (χ3n) is 3.41. The van der Waals surface area contributed by atoms with Crippen molar-refractivity contribution in [3.05, 3.63) is 33.8 Å². The molecule has 1 aliphatic rings. The monoisotopic (exact) mass is 330 g/mol. The maximum Gasteiger partial charge on any atom is 0.327 e. The van der Waals surface area contributed by atoms with Crippen LogP contribution in [0.15, 0.2) is 18.2 Å². The highest BCUT2D eigenvalue weighted by Gasteiger charge is 2.32. The molecule has 1 heterocycles. The first kappa shape index (κ1) is 16.1. The molecule has 2 rings (SSSR count). The van der Waals surface area contributed by atoms with Gasteiger partial charge in [-0.05, 0) is 6.07 Å². The SMILES string of the molecule is COC(=O)[C@@H](c1cccc(Cl)c1Cl)N1CCNC(=O)CC1. The number of nitrogens with one attached hydrogen (secondary N) is 1. The van der Waals surface area contributed by atoms with Gasteiger partial charge in [0.1, 0.15) is 6.04 Å². The normalized spacial score (nSPS) is 17.8. The van der Waals surface area contributed by atoms with Crippen molar-refractivity contribution in [1.29, 1.82) is 0 Å². The van der Waals surface area contributed by atoms with Crippen LogP contribution in [0.3, 0.4) is 0 Å². The van der Waals surface area contributed by atoms with Crippen LogP contribution in [0, 0.1) is 0 Å². The molecule has 1 saturated heterocycles. The minimum Gasteiger partial charge on any atom is -0.468 e. The second-order valence-electron chi connectivity index (χ2n) is 4.70. The number of carbonyl (C=O) groups excluding carboxylic acids is 2. The van der Waals surface area contributed by atoms with Gasteiger partial charge >= 0.3 is 5.97 Å². The number of hydrogen-bond acceptors (Lipinski definition) is 4. The molecule has 1 atom stereocenters. The van der Waals surface area contributed by atoms with Gasteiger partial charge in [0.2, 0.25) is 5.91 Å². The Bertz CT molecular complexity index is 551. The van der Waals surface area contributed by atoms with Crippen LogP contribution in [-0.2, 0) is 14.3 Å². The molecule has 0 spiro atoms. The minimum atomic E-state index is -0.672. The highest BCUT2D eigenvalue weighted by molar-refractivity contribution is 6.42. The average Bonchev–Trinajstić information content (AvgIpc) is 2.68. The second-order valence-corrected chi connectivity index (χ2v) is 5.49. The fourth-order valence-electron chi connectivity index (χ4n) is 2.36. The van der Waals surface area contributed by atoms with Crippen molar-refractivity contribution < 1.29 is 14.3 Å². The van der Waals surface area contributed by atoms with Crippen LogP contribution in [0.1, 0.15) is 18.0 Å². The molecule has 7 heteroatoms. The molecule has 21 heavy (non-hydrogen) atoms. The van der Waals surface area contributed by atoms with E-state index in [1.54, 1.807) is 18.2 Å². The van der Waals surface area contributed by atoms with Crippen molar-refractivity contribution in [3.63, 3.8) is 0 Å². The zero-order valence-electron chi connectivity index (χ0n) is 11.6. The number of esters is 1. The number of carbonyl (C=O) groups is 2. The number of nitrogens with zero attached hydrogens (tertiary/aromatic N) is 1. The van der Waals surface area contributed by atoms with Crippen LogP contribution >= 0.6 is 23.2 Å². The Morgan fingerprint density at radius 1 is 1.38 bits per heavy atom. The summed E-state index contributed by atoms with van der Waals surface area (Å²) in [6.45, 7) is 1.47. The predicted octanol–water partition coefficient (Wildman–Crippen LogP) is 2.03. The Kier molecular flexibility index (Phi) is 5.45. The van der Waals surface area contributed by atoms with Gasteiger partial charge in [0.15, 0.2) is 0 Å². The lowest BCUT2D eigenvalue weighted by atomic mass is 10.0. The van der Waals surface area contributed by atoms with Crippen molar-refractivity contribution in [2.24, 2.45) is 0 Å². The first-order valence-electron chi connectivity index (χ1n) is 6.57. The molecule has 1 N–H and O–H groups in total. The summed E-state index contributed by atoms with van der Waals surface area (Å²) in [6, 6.07) is 4.47. The second kappa shape index (κ2) is 7.11. The van der Waals surface area contributed by atoms with Gasteiger partial charge in [0.25, 0.3) is 0 Å². The smallest absolute Gasteiger partial charge is 0.327 e. The van der Waals surface area contributed by atoms with Gasteiger partial charge in [-0.2, -0.15) is 0 Å². The molecule has 0 saturated carbocycles. The number of hydrogen-bond donors (Lipinski definition) is 1. The van der Waals surface area contributed by atoms with Crippen molar-refractivity contribution >= 4 is 35.1 Å². The fourth-order valence-corrected chi connectivity index (χ4v) is 2.77. The summed E-state index contributed by atoms with van der Waals surface area (Å²) in [7, 11) is 1.33. The summed E-state index contributed by atoms with van der Waals surface area (Å²) in [6.07, 6.45) is 0.325. The Labute approximate surface area is 133 Å². The third kappa shape index (κ3) is 3.67. The summed E-state index contributed by atoms with van der Waals surface area (Å²) in [4.78, 5) is 25.5. The summed E-state index contributed by atoms with van der Waals surface area (Å²) < 4.78 is 4.89. The van der Waals surface area contributed by atoms with Crippen molar-refractivity contribution in [2.75, 3.05) is 26.7 Å². The fraction of sp³-hybridized carbons (Fsp3) is 0.429. The molecule has 1 aliphatic heterocycles. The van der Waals surface area contributed by atoms with Gasteiger partial charge in [-0.15, -0.1) is 0 Å². The van der Waals surface area contributed by atoms with E-state index >= 15 is 0 Å². The average molecular weight is 331 g/mol. The number of benzene rings is 1. The molecule has 114 valence electrons. The van der Waals surface area contributed by atoms with Crippen LogP contribution in [0.25, 0.3) is 0 Å². The van der Waals surface area contributed by atoms with Gasteiger partial charge in [-0.1, -0.05) is 35.3 Å². The molecule has 1 aromatic rings. The highest BCUT2D eigenvalue weighted by Crippen LogP contribution is 2.33. The van der Waals surface area contributed by atoms with Gasteiger partial charge in [0, 0.05) is 31.6 Å². The van der Waals surface area contributed by atoms with Crippen molar-refractivity contribution in [1.82, 2.24) is 10.2 Å². The Morgan fingerprint density at radius 2 is 2.14 bits per heavy atom. The maximum atomic E-state index is 12.2. The van der Waals surface area contributed by atoms with E-state index in [-0.39, 0.29) is 5.91 Å². The molecule has 0 unspecified atom stereocenters. The van der Waals surface area contributed by atoms with Crippen LogP contribution in [0.2, 0.25) is 10.0 Å². The lowest BCUT2D eigenvalue weighted by molar-refractivity contribution is -0.147. The van der Waals surface area contributed by atoms with E-state index in [1.165, 1.54) is 7.11 Å². The van der Waals surface area contributed by atoms with Crippen LogP contribution in [-0.4, -0.2) is 43.5 Å². The van der Waals surface area contributed by atoms with Gasteiger partial charge < -0.3 is 10.1 Å². The molecule has 1 fully saturated rings. The van der Waals surface area contributed by atoms with Crippen LogP contribution < -0.4 is 5.32 Å². The van der Waals surface area contributed by atoms with Gasteiger partial charge in [-0.3, -0.25) is 9.69 Å². The largest absolute Gasteiger partial charge is 0.468 e. The van der Waals surface area contributed by atoms with E-state index in [9.17, 15) is 9.59 Å². The predicted molar refractivity (Wildman–Crippen MR) is 80.4 cm³/mol. The van der Waals surface area contributed by atoms with E-state index in [0.717, 1.165) is 0 Å². The van der Waals surface area contributed by atoms with Crippen molar-refractivity contribution in [2.45, 2.75) is 12.5 Å². The summed E-state index contributed by atoms with van der Waals surface area (Å²) >= 11 is 12.3. The molecule has 1 amide bonds. The summed E-state index contributed by atoms with van der Waals surface area (Å²) in [5.41, 5.74) is 0.588. The number of halogens is 2. The summed E-state index contributed by atoms with van der Waals surface area (Å²) in [5.74, 6) is -0.452. The Hall–Kier alpha value is -1.30. The molecule has 5 nitrogen and oxygen atoms in total. The standard InChI is InChI=1S/C14H16Cl2N2O3/c1-21-14(20)13(9-3-2-4-10(15)12(9)16)18-7-5-11(19)17-6-8-18/h2-4,13H,5-8H2,1H3,(H,17,19)/t13-/m1/s1.